The second kappa shape index (κ2) is 9.52. The Balaban J connectivity index is 1.66. The van der Waals surface area contributed by atoms with Gasteiger partial charge in [0.25, 0.3) is 5.91 Å². The molecule has 0 saturated heterocycles. The molecule has 1 aromatic heterocycles. The van der Waals surface area contributed by atoms with Gasteiger partial charge in [0.05, 0.1) is 23.3 Å². The molecule has 0 saturated carbocycles. The molecule has 1 amide bonds. The number of phenolic OH excluding ortho intramolecular Hbond substituents is 1. The number of nitrogens with zero attached hydrogens (tertiary/aromatic N) is 3. The number of carbonyl (C=O) groups excluding carboxylic acids is 1. The largest absolute Gasteiger partial charge is 0.507 e. The third-order valence-corrected chi connectivity index (χ3v) is 6.77. The number of hydrogen-bond donors (Lipinski definition) is 2. The summed E-state index contributed by atoms with van der Waals surface area (Å²) in [6, 6.07) is 16.9. The van der Waals surface area contributed by atoms with E-state index in [1.807, 2.05) is 49.6 Å². The van der Waals surface area contributed by atoms with Crippen molar-refractivity contribution in [3.05, 3.63) is 85.9 Å². The summed E-state index contributed by atoms with van der Waals surface area (Å²) in [6.45, 7) is 4.08. The molecule has 2 N–H and O–H groups in total. The lowest BCUT2D eigenvalue weighted by molar-refractivity contribution is -0.118. The van der Waals surface area contributed by atoms with Gasteiger partial charge < -0.3 is 15.2 Å². The number of benzene rings is 3. The zero-order chi connectivity index (χ0) is 24.5. The van der Waals surface area contributed by atoms with Crippen molar-refractivity contribution in [3.63, 3.8) is 0 Å². The molecule has 0 aliphatic carbocycles. The topological polar surface area (TPSA) is 88.2 Å². The molecule has 4 aromatic rings. The van der Waals surface area contributed by atoms with Crippen molar-refractivity contribution in [2.75, 3.05) is 11.9 Å². The van der Waals surface area contributed by atoms with Crippen LogP contribution in [0.3, 0.4) is 0 Å². The number of hydrogen-bond acceptors (Lipinski definition) is 6. The molecule has 1 aliphatic rings. The molecule has 1 aliphatic heterocycles. The zero-order valence-corrected chi connectivity index (χ0v) is 21.4. The molecule has 7 nitrogen and oxygen atoms in total. The molecule has 2 heterocycles. The number of anilines is 1. The van der Waals surface area contributed by atoms with Crippen molar-refractivity contribution in [2.24, 2.45) is 10.1 Å². The molecular formula is C26H21BrN4O3S. The molecule has 0 fully saturated rings. The van der Waals surface area contributed by atoms with E-state index in [2.05, 4.69) is 27.3 Å². The summed E-state index contributed by atoms with van der Waals surface area (Å²) in [7, 11) is 0. The summed E-state index contributed by atoms with van der Waals surface area (Å²) >= 11 is 4.89. The van der Waals surface area contributed by atoms with Gasteiger partial charge in [0.15, 0.2) is 6.61 Å². The zero-order valence-electron chi connectivity index (χ0n) is 18.9. The standard InChI is InChI=1S/C26H21BrN4O3S/c1-15-3-6-20(16(2)9-15)30-26-31(28-12-18-10-19(27)5-7-23(18)32)22(14-35-26)17-4-8-24-21(11-17)29-25(33)13-34-24/h3-12,14,32H,13H2,1-2H3,(H,29,33). The number of aromatic nitrogens is 1. The van der Waals surface area contributed by atoms with Crippen LogP contribution < -0.4 is 14.9 Å². The number of thiazole rings is 1. The molecule has 0 atom stereocenters. The molecule has 35 heavy (non-hydrogen) atoms. The summed E-state index contributed by atoms with van der Waals surface area (Å²) in [5.41, 5.74) is 5.88. The number of halogens is 1. The Kier molecular flexibility index (Phi) is 6.27. The average Bonchev–Trinajstić information content (AvgIpc) is 3.23. The van der Waals surface area contributed by atoms with E-state index in [4.69, 9.17) is 14.8 Å². The van der Waals surface area contributed by atoms with Gasteiger partial charge in [-0.3, -0.25) is 4.79 Å². The van der Waals surface area contributed by atoms with Gasteiger partial charge in [-0.25, -0.2) is 9.67 Å². The van der Waals surface area contributed by atoms with Crippen LogP contribution in [0.25, 0.3) is 11.3 Å². The van der Waals surface area contributed by atoms with Gasteiger partial charge in [0.1, 0.15) is 11.5 Å². The number of amides is 1. The maximum Gasteiger partial charge on any atom is 0.262 e. The van der Waals surface area contributed by atoms with E-state index in [0.29, 0.717) is 21.8 Å². The number of fused-ring (bicyclic) bond motifs is 1. The number of aryl methyl sites for hydroxylation is 2. The number of aromatic hydroxyl groups is 1. The third-order valence-electron chi connectivity index (χ3n) is 5.46. The van der Waals surface area contributed by atoms with Gasteiger partial charge >= 0.3 is 0 Å². The number of carbonyl (C=O) groups is 1. The molecule has 0 spiro atoms. The van der Waals surface area contributed by atoms with Crippen molar-refractivity contribution < 1.29 is 14.6 Å². The monoisotopic (exact) mass is 548 g/mol. The molecule has 0 bridgehead atoms. The molecule has 5 rings (SSSR count). The average molecular weight is 549 g/mol. The van der Waals surface area contributed by atoms with Crippen LogP contribution in [0, 0.1) is 13.8 Å². The van der Waals surface area contributed by atoms with Crippen LogP contribution in [0.2, 0.25) is 0 Å². The van der Waals surface area contributed by atoms with Crippen molar-refractivity contribution in [1.29, 1.82) is 0 Å². The Labute approximate surface area is 214 Å². The molecular weight excluding hydrogens is 528 g/mol. The molecule has 3 aromatic carbocycles. The second-order valence-electron chi connectivity index (χ2n) is 8.11. The lowest BCUT2D eigenvalue weighted by Crippen LogP contribution is -2.25. The fourth-order valence-corrected chi connectivity index (χ4v) is 4.94. The Hall–Kier alpha value is -3.69. The summed E-state index contributed by atoms with van der Waals surface area (Å²) in [4.78, 5) is 17.4. The Morgan fingerprint density at radius 3 is 2.83 bits per heavy atom. The number of rotatable bonds is 4. The highest BCUT2D eigenvalue weighted by Gasteiger charge is 2.18. The first kappa shape index (κ1) is 23.1. The minimum Gasteiger partial charge on any atom is -0.507 e. The van der Waals surface area contributed by atoms with Crippen molar-refractivity contribution >= 4 is 50.8 Å². The maximum atomic E-state index is 11.8. The van der Waals surface area contributed by atoms with E-state index in [1.165, 1.54) is 16.9 Å². The Morgan fingerprint density at radius 2 is 2.00 bits per heavy atom. The summed E-state index contributed by atoms with van der Waals surface area (Å²) in [6.07, 6.45) is 1.60. The third kappa shape index (κ3) is 4.91. The van der Waals surface area contributed by atoms with Gasteiger partial charge in [0, 0.05) is 21.0 Å². The van der Waals surface area contributed by atoms with Gasteiger partial charge in [0.2, 0.25) is 4.80 Å². The van der Waals surface area contributed by atoms with E-state index in [1.54, 1.807) is 29.1 Å². The van der Waals surface area contributed by atoms with Crippen molar-refractivity contribution in [2.45, 2.75) is 13.8 Å². The fourth-order valence-electron chi connectivity index (χ4n) is 3.71. The summed E-state index contributed by atoms with van der Waals surface area (Å²) in [5.74, 6) is 0.551. The van der Waals surface area contributed by atoms with Crippen LogP contribution in [-0.4, -0.2) is 28.5 Å². The van der Waals surface area contributed by atoms with Crippen LogP contribution in [-0.2, 0) is 4.79 Å². The number of ether oxygens (including phenoxy) is 1. The molecule has 9 heteroatoms. The Bertz CT molecular complexity index is 1550. The Morgan fingerprint density at radius 1 is 1.14 bits per heavy atom. The van der Waals surface area contributed by atoms with Crippen LogP contribution in [0.4, 0.5) is 11.4 Å². The van der Waals surface area contributed by atoms with Crippen LogP contribution in [0.1, 0.15) is 16.7 Å². The van der Waals surface area contributed by atoms with Gasteiger partial charge in [-0.2, -0.15) is 5.10 Å². The molecule has 0 unspecified atom stereocenters. The minimum absolute atomic E-state index is 0.00412. The number of nitrogens with one attached hydrogen (secondary N) is 1. The lowest BCUT2D eigenvalue weighted by atomic mass is 10.1. The van der Waals surface area contributed by atoms with Crippen LogP contribution >= 0.6 is 27.3 Å². The van der Waals surface area contributed by atoms with E-state index < -0.39 is 0 Å². The van der Waals surface area contributed by atoms with Gasteiger partial charge in [-0.1, -0.05) is 33.6 Å². The maximum absolute atomic E-state index is 11.8. The molecule has 176 valence electrons. The first-order valence-corrected chi connectivity index (χ1v) is 12.5. The van der Waals surface area contributed by atoms with Crippen molar-refractivity contribution in [1.82, 2.24) is 4.68 Å². The number of phenols is 1. The van der Waals surface area contributed by atoms with E-state index in [0.717, 1.165) is 27.0 Å². The minimum atomic E-state index is -0.193. The fraction of sp³-hybridized carbons (Fsp3) is 0.115. The van der Waals surface area contributed by atoms with Crippen LogP contribution in [0.15, 0.2) is 74.5 Å². The van der Waals surface area contributed by atoms with E-state index in [-0.39, 0.29) is 18.3 Å². The van der Waals surface area contributed by atoms with Gasteiger partial charge in [-0.05, 0) is 61.9 Å². The highest BCUT2D eigenvalue weighted by atomic mass is 79.9. The quantitative estimate of drug-likeness (QED) is 0.318. The van der Waals surface area contributed by atoms with Gasteiger partial charge in [-0.15, -0.1) is 11.3 Å². The SMILES string of the molecule is Cc1ccc(N=c2scc(-c3ccc4c(c3)NC(=O)CO4)n2N=Cc2cc(Br)ccc2O)c(C)c1. The highest BCUT2D eigenvalue weighted by Crippen LogP contribution is 2.33. The summed E-state index contributed by atoms with van der Waals surface area (Å²) in [5, 5.41) is 19.8. The predicted octanol–water partition coefficient (Wildman–Crippen LogP) is 5.75. The first-order valence-electron chi connectivity index (χ1n) is 10.8. The molecule has 0 radical (unpaired) electrons. The van der Waals surface area contributed by atoms with Crippen molar-refractivity contribution in [3.8, 4) is 22.8 Å². The predicted molar refractivity (Wildman–Crippen MR) is 142 cm³/mol. The lowest BCUT2D eigenvalue weighted by Gasteiger charge is -2.18. The summed E-state index contributed by atoms with van der Waals surface area (Å²) < 4.78 is 8.06. The van der Waals surface area contributed by atoms with E-state index in [9.17, 15) is 9.90 Å². The van der Waals surface area contributed by atoms with E-state index >= 15 is 0 Å². The first-order chi connectivity index (χ1) is 16.9. The smallest absolute Gasteiger partial charge is 0.262 e. The van der Waals surface area contributed by atoms with Crippen LogP contribution in [0.5, 0.6) is 11.5 Å². The highest BCUT2D eigenvalue weighted by molar-refractivity contribution is 9.10. The second-order valence-corrected chi connectivity index (χ2v) is 9.86. The normalized spacial score (nSPS) is 13.6.